The lowest BCUT2D eigenvalue weighted by Gasteiger charge is -2.32. The van der Waals surface area contributed by atoms with Crippen LogP contribution in [0.15, 0.2) is 12.3 Å². The van der Waals surface area contributed by atoms with E-state index in [1.807, 2.05) is 13.0 Å². The molecule has 1 aliphatic rings. The molecule has 1 aromatic rings. The van der Waals surface area contributed by atoms with Crippen molar-refractivity contribution >= 4 is 28.9 Å². The number of piperidine rings is 1. The van der Waals surface area contributed by atoms with Gasteiger partial charge in [0, 0.05) is 25.2 Å². The maximum Gasteiger partial charge on any atom is 0.220 e. The third-order valence-corrected chi connectivity index (χ3v) is 3.79. The average Bonchev–Trinajstić information content (AvgIpc) is 2.38. The Labute approximate surface area is 118 Å². The van der Waals surface area contributed by atoms with Gasteiger partial charge < -0.3 is 16.4 Å². The molecule has 0 unspecified atom stereocenters. The molecule has 0 bridgehead atoms. The minimum Gasteiger partial charge on any atom is -0.389 e. The molecule has 5 nitrogen and oxygen atoms in total. The molecule has 2 heterocycles. The van der Waals surface area contributed by atoms with E-state index in [0.29, 0.717) is 4.99 Å². The highest BCUT2D eigenvalue weighted by Gasteiger charge is 2.25. The zero-order chi connectivity index (χ0) is 14.0. The summed E-state index contributed by atoms with van der Waals surface area (Å²) in [6.45, 7) is 3.47. The summed E-state index contributed by atoms with van der Waals surface area (Å²) in [5, 5.41) is 0. The normalized spacial score (nSPS) is 16.4. The van der Waals surface area contributed by atoms with Gasteiger partial charge in [0.15, 0.2) is 0 Å². The summed E-state index contributed by atoms with van der Waals surface area (Å²) in [5.41, 5.74) is 13.0. The number of carbonyl (C=O) groups excluding carboxylic acids is 1. The number of thiocarbonyl (C=S) groups is 1. The number of aryl methyl sites for hydroxylation is 1. The van der Waals surface area contributed by atoms with Crippen LogP contribution in [0.25, 0.3) is 0 Å². The molecule has 19 heavy (non-hydrogen) atoms. The fraction of sp³-hybridized carbons (Fsp3) is 0.462. The van der Waals surface area contributed by atoms with Gasteiger partial charge in [-0.15, -0.1) is 0 Å². The molecule has 2 rings (SSSR count). The number of primary amides is 1. The van der Waals surface area contributed by atoms with Crippen LogP contribution in [0.4, 0.5) is 5.82 Å². The summed E-state index contributed by atoms with van der Waals surface area (Å²) < 4.78 is 0. The number of carbonyl (C=O) groups is 1. The molecule has 1 amide bonds. The predicted octanol–water partition coefficient (Wildman–Crippen LogP) is 0.726. The first-order chi connectivity index (χ1) is 9.00. The summed E-state index contributed by atoms with van der Waals surface area (Å²) in [7, 11) is 0. The largest absolute Gasteiger partial charge is 0.389 e. The monoisotopic (exact) mass is 278 g/mol. The van der Waals surface area contributed by atoms with Crippen molar-refractivity contribution < 1.29 is 4.79 Å². The van der Waals surface area contributed by atoms with Gasteiger partial charge in [-0.3, -0.25) is 4.79 Å². The molecule has 102 valence electrons. The number of nitrogens with zero attached hydrogens (tertiary/aromatic N) is 2. The van der Waals surface area contributed by atoms with E-state index in [2.05, 4.69) is 9.88 Å². The molecule has 0 aliphatic carbocycles. The van der Waals surface area contributed by atoms with Gasteiger partial charge >= 0.3 is 0 Å². The first kappa shape index (κ1) is 13.7. The van der Waals surface area contributed by atoms with Crippen molar-refractivity contribution in [3.05, 3.63) is 23.4 Å². The van der Waals surface area contributed by atoms with Gasteiger partial charge in [-0.2, -0.15) is 0 Å². The van der Waals surface area contributed by atoms with Crippen LogP contribution in [0.2, 0.25) is 0 Å². The van der Waals surface area contributed by atoms with Crippen molar-refractivity contribution in [1.29, 1.82) is 0 Å². The second-order valence-corrected chi connectivity index (χ2v) is 5.29. The summed E-state index contributed by atoms with van der Waals surface area (Å²) in [6.07, 6.45) is 3.26. The number of nitrogens with two attached hydrogens (primary N) is 2. The Bertz CT molecular complexity index is 509. The van der Waals surface area contributed by atoms with Crippen LogP contribution in [0.5, 0.6) is 0 Å². The van der Waals surface area contributed by atoms with Gasteiger partial charge in [-0.05, 0) is 31.4 Å². The topological polar surface area (TPSA) is 85.2 Å². The SMILES string of the molecule is Cc1ccnc(N2CCC(C(N)=O)CC2)c1C(N)=S. The number of hydrogen-bond donors (Lipinski definition) is 2. The van der Waals surface area contributed by atoms with Crippen molar-refractivity contribution in [1.82, 2.24) is 4.98 Å². The van der Waals surface area contributed by atoms with Crippen LogP contribution in [0.1, 0.15) is 24.0 Å². The second-order valence-electron chi connectivity index (χ2n) is 4.85. The predicted molar refractivity (Wildman–Crippen MR) is 79.0 cm³/mol. The Morgan fingerprint density at radius 1 is 1.42 bits per heavy atom. The van der Waals surface area contributed by atoms with Crippen molar-refractivity contribution in [2.75, 3.05) is 18.0 Å². The highest BCUT2D eigenvalue weighted by Crippen LogP contribution is 2.26. The first-order valence-electron chi connectivity index (χ1n) is 6.30. The van der Waals surface area contributed by atoms with Crippen LogP contribution < -0.4 is 16.4 Å². The molecule has 4 N–H and O–H groups in total. The molecule has 0 spiro atoms. The lowest BCUT2D eigenvalue weighted by atomic mass is 9.96. The number of anilines is 1. The quantitative estimate of drug-likeness (QED) is 0.796. The summed E-state index contributed by atoms with van der Waals surface area (Å²) in [5.74, 6) is 0.566. The van der Waals surface area contributed by atoms with Gasteiger partial charge in [-0.25, -0.2) is 4.98 Å². The second kappa shape index (κ2) is 5.52. The first-order valence-corrected chi connectivity index (χ1v) is 6.71. The molecule has 0 atom stereocenters. The molecule has 1 fully saturated rings. The van der Waals surface area contributed by atoms with Gasteiger partial charge in [0.25, 0.3) is 0 Å². The van der Waals surface area contributed by atoms with E-state index in [4.69, 9.17) is 23.7 Å². The zero-order valence-corrected chi connectivity index (χ0v) is 11.7. The van der Waals surface area contributed by atoms with Crippen LogP contribution in [0.3, 0.4) is 0 Å². The molecule has 1 aliphatic heterocycles. The Balaban J connectivity index is 2.22. The van der Waals surface area contributed by atoms with Crippen LogP contribution in [-0.4, -0.2) is 29.0 Å². The highest BCUT2D eigenvalue weighted by molar-refractivity contribution is 7.80. The lowest BCUT2D eigenvalue weighted by molar-refractivity contribution is -0.122. The number of aromatic nitrogens is 1. The van der Waals surface area contributed by atoms with E-state index in [1.54, 1.807) is 6.20 Å². The van der Waals surface area contributed by atoms with E-state index in [0.717, 1.165) is 42.9 Å². The maximum absolute atomic E-state index is 11.2. The zero-order valence-electron chi connectivity index (χ0n) is 10.9. The molecule has 6 heteroatoms. The fourth-order valence-electron chi connectivity index (χ4n) is 2.46. The van der Waals surface area contributed by atoms with Gasteiger partial charge in [0.2, 0.25) is 5.91 Å². The molecule has 1 aromatic heterocycles. The van der Waals surface area contributed by atoms with E-state index in [1.165, 1.54) is 0 Å². The number of pyridine rings is 1. The molecular weight excluding hydrogens is 260 g/mol. The molecule has 0 radical (unpaired) electrons. The molecule has 0 saturated carbocycles. The van der Waals surface area contributed by atoms with Crippen LogP contribution in [-0.2, 0) is 4.79 Å². The maximum atomic E-state index is 11.2. The van der Waals surface area contributed by atoms with Crippen LogP contribution in [0, 0.1) is 12.8 Å². The highest BCUT2D eigenvalue weighted by atomic mass is 32.1. The molecule has 0 aromatic carbocycles. The summed E-state index contributed by atoms with van der Waals surface area (Å²) >= 11 is 5.11. The van der Waals surface area contributed by atoms with Gasteiger partial charge in [0.05, 0.1) is 5.56 Å². The van der Waals surface area contributed by atoms with E-state index in [-0.39, 0.29) is 11.8 Å². The van der Waals surface area contributed by atoms with Gasteiger partial charge in [-0.1, -0.05) is 12.2 Å². The minimum absolute atomic E-state index is 0.0330. The third kappa shape index (κ3) is 2.84. The third-order valence-electron chi connectivity index (χ3n) is 3.58. The van der Waals surface area contributed by atoms with E-state index < -0.39 is 0 Å². The van der Waals surface area contributed by atoms with Crippen molar-refractivity contribution in [2.24, 2.45) is 17.4 Å². The standard InChI is InChI=1S/C13H18N4OS/c1-8-2-5-16-13(10(8)12(15)19)17-6-3-9(4-7-17)11(14)18/h2,5,9H,3-4,6-7H2,1H3,(H2,14,18)(H2,15,19). The van der Waals surface area contributed by atoms with Crippen molar-refractivity contribution in [2.45, 2.75) is 19.8 Å². The summed E-state index contributed by atoms with van der Waals surface area (Å²) in [4.78, 5) is 18.1. The molecule has 1 saturated heterocycles. The van der Waals surface area contributed by atoms with E-state index in [9.17, 15) is 4.79 Å². The molecular formula is C13H18N4OS. The number of amides is 1. The van der Waals surface area contributed by atoms with Crippen molar-refractivity contribution in [3.63, 3.8) is 0 Å². The summed E-state index contributed by atoms with van der Waals surface area (Å²) in [6, 6.07) is 1.90. The number of rotatable bonds is 3. The Morgan fingerprint density at radius 3 is 2.58 bits per heavy atom. The Morgan fingerprint density at radius 2 is 2.05 bits per heavy atom. The number of hydrogen-bond acceptors (Lipinski definition) is 4. The van der Waals surface area contributed by atoms with Gasteiger partial charge in [0.1, 0.15) is 10.8 Å². The Hall–Kier alpha value is -1.69. The average molecular weight is 278 g/mol. The van der Waals surface area contributed by atoms with Crippen molar-refractivity contribution in [3.8, 4) is 0 Å². The van der Waals surface area contributed by atoms with E-state index >= 15 is 0 Å². The smallest absolute Gasteiger partial charge is 0.220 e. The lowest BCUT2D eigenvalue weighted by Crippen LogP contribution is -2.39. The Kier molecular flexibility index (Phi) is 3.99. The van der Waals surface area contributed by atoms with Crippen LogP contribution >= 0.6 is 12.2 Å². The minimum atomic E-state index is -0.216. The fourth-order valence-corrected chi connectivity index (χ4v) is 2.72.